The normalized spacial score (nSPS) is 9.58. The SMILES string of the molecule is CN(C)C(=O)c1cc(OS)cs1. The van der Waals surface area contributed by atoms with Crippen molar-refractivity contribution in [3.05, 3.63) is 16.3 Å². The average molecular weight is 203 g/mol. The number of thiophene rings is 1. The Morgan fingerprint density at radius 3 is 2.75 bits per heavy atom. The molecule has 66 valence electrons. The van der Waals surface area contributed by atoms with Crippen LogP contribution >= 0.6 is 24.2 Å². The number of hydrogen-bond acceptors (Lipinski definition) is 4. The number of thiol groups is 1. The number of nitrogens with zero attached hydrogens (tertiary/aromatic N) is 1. The number of amides is 1. The molecule has 0 atom stereocenters. The molecule has 0 saturated heterocycles. The molecule has 3 nitrogen and oxygen atoms in total. The molecule has 12 heavy (non-hydrogen) atoms. The minimum Gasteiger partial charge on any atom is -0.428 e. The van der Waals surface area contributed by atoms with E-state index in [1.165, 1.54) is 16.2 Å². The highest BCUT2D eigenvalue weighted by atomic mass is 32.1. The summed E-state index contributed by atoms with van der Waals surface area (Å²) in [5.41, 5.74) is 0. The van der Waals surface area contributed by atoms with Gasteiger partial charge in [-0.15, -0.1) is 11.3 Å². The van der Waals surface area contributed by atoms with Crippen LogP contribution in [0.3, 0.4) is 0 Å². The molecule has 1 aromatic heterocycles. The first-order valence-electron chi connectivity index (χ1n) is 3.26. The van der Waals surface area contributed by atoms with Crippen molar-refractivity contribution in [2.24, 2.45) is 0 Å². The summed E-state index contributed by atoms with van der Waals surface area (Å²) >= 11 is 4.97. The highest BCUT2D eigenvalue weighted by molar-refractivity contribution is 7.75. The maximum Gasteiger partial charge on any atom is 0.263 e. The van der Waals surface area contributed by atoms with E-state index in [0.717, 1.165) is 0 Å². The lowest BCUT2D eigenvalue weighted by molar-refractivity contribution is 0.0832. The van der Waals surface area contributed by atoms with E-state index in [9.17, 15) is 4.79 Å². The fraction of sp³-hybridized carbons (Fsp3) is 0.286. The third-order valence-electron chi connectivity index (χ3n) is 1.30. The molecule has 0 aliphatic heterocycles. The van der Waals surface area contributed by atoms with Crippen molar-refractivity contribution < 1.29 is 8.98 Å². The largest absolute Gasteiger partial charge is 0.428 e. The van der Waals surface area contributed by atoms with Crippen LogP contribution in [0, 0.1) is 0 Å². The Balaban J connectivity index is 2.82. The average Bonchev–Trinajstić information content (AvgIpc) is 2.50. The van der Waals surface area contributed by atoms with Gasteiger partial charge >= 0.3 is 0 Å². The summed E-state index contributed by atoms with van der Waals surface area (Å²) in [7, 11) is 3.42. The molecule has 0 radical (unpaired) electrons. The Morgan fingerprint density at radius 1 is 1.67 bits per heavy atom. The maximum absolute atomic E-state index is 11.3. The molecule has 0 spiro atoms. The van der Waals surface area contributed by atoms with E-state index in [1.54, 1.807) is 25.5 Å². The van der Waals surface area contributed by atoms with Crippen molar-refractivity contribution in [3.63, 3.8) is 0 Å². The zero-order valence-corrected chi connectivity index (χ0v) is 8.48. The van der Waals surface area contributed by atoms with E-state index < -0.39 is 0 Å². The van der Waals surface area contributed by atoms with Gasteiger partial charge in [-0.2, -0.15) is 0 Å². The van der Waals surface area contributed by atoms with Crippen molar-refractivity contribution in [2.75, 3.05) is 14.1 Å². The summed E-state index contributed by atoms with van der Waals surface area (Å²) in [6.07, 6.45) is 0. The monoisotopic (exact) mass is 203 g/mol. The van der Waals surface area contributed by atoms with Crippen LogP contribution < -0.4 is 4.18 Å². The number of carbonyl (C=O) groups excluding carboxylic acids is 1. The summed E-state index contributed by atoms with van der Waals surface area (Å²) in [5, 5.41) is 1.74. The van der Waals surface area contributed by atoms with Gasteiger partial charge in [0.15, 0.2) is 0 Å². The minimum atomic E-state index is -0.0170. The first-order valence-corrected chi connectivity index (χ1v) is 4.51. The summed E-state index contributed by atoms with van der Waals surface area (Å²) in [6, 6.07) is 1.67. The molecule has 0 bridgehead atoms. The quantitative estimate of drug-likeness (QED) is 0.585. The zero-order chi connectivity index (χ0) is 9.14. The first-order chi connectivity index (χ1) is 5.65. The molecule has 0 aromatic carbocycles. The van der Waals surface area contributed by atoms with Gasteiger partial charge in [0.05, 0.1) is 4.88 Å². The molecular weight excluding hydrogens is 194 g/mol. The second-order valence-electron chi connectivity index (χ2n) is 2.44. The van der Waals surface area contributed by atoms with E-state index in [-0.39, 0.29) is 5.91 Å². The van der Waals surface area contributed by atoms with Crippen LogP contribution in [0.1, 0.15) is 9.67 Å². The van der Waals surface area contributed by atoms with Crippen LogP contribution in [0.2, 0.25) is 0 Å². The third kappa shape index (κ3) is 1.92. The molecule has 0 saturated carbocycles. The van der Waals surface area contributed by atoms with E-state index >= 15 is 0 Å². The van der Waals surface area contributed by atoms with Crippen molar-refractivity contribution in [3.8, 4) is 5.75 Å². The number of rotatable bonds is 2. The summed E-state index contributed by atoms with van der Waals surface area (Å²) < 4.78 is 4.66. The standard InChI is InChI=1S/C7H9NO2S2/c1-8(2)7(9)6-3-5(10-11)4-12-6/h3-4,11H,1-2H3. The third-order valence-corrected chi connectivity index (χ3v) is 2.41. The van der Waals surface area contributed by atoms with E-state index in [2.05, 4.69) is 17.1 Å². The number of hydrogen-bond donors (Lipinski definition) is 1. The zero-order valence-electron chi connectivity index (χ0n) is 6.77. The Bertz CT molecular complexity index is 283. The van der Waals surface area contributed by atoms with Crippen LogP contribution in [0.5, 0.6) is 5.75 Å². The second kappa shape index (κ2) is 3.82. The van der Waals surface area contributed by atoms with E-state index in [4.69, 9.17) is 0 Å². The Hall–Kier alpha value is -0.680. The van der Waals surface area contributed by atoms with Gasteiger partial charge in [0.2, 0.25) is 0 Å². The predicted molar refractivity (Wildman–Crippen MR) is 52.0 cm³/mol. The summed E-state index contributed by atoms with van der Waals surface area (Å²) in [4.78, 5) is 13.5. The number of carbonyl (C=O) groups is 1. The second-order valence-corrected chi connectivity index (χ2v) is 3.53. The molecule has 1 rings (SSSR count). The van der Waals surface area contributed by atoms with Crippen LogP contribution in [0.25, 0.3) is 0 Å². The fourth-order valence-corrected chi connectivity index (χ4v) is 1.70. The van der Waals surface area contributed by atoms with Crippen molar-refractivity contribution in [1.29, 1.82) is 0 Å². The lowest BCUT2D eigenvalue weighted by Gasteiger charge is -2.06. The molecule has 0 unspecified atom stereocenters. The smallest absolute Gasteiger partial charge is 0.263 e. The molecule has 1 amide bonds. The van der Waals surface area contributed by atoms with Gasteiger partial charge in [-0.05, 0) is 0 Å². The lowest BCUT2D eigenvalue weighted by atomic mass is 10.4. The fourth-order valence-electron chi connectivity index (χ4n) is 0.699. The van der Waals surface area contributed by atoms with Crippen molar-refractivity contribution >= 4 is 30.2 Å². The molecule has 1 aromatic rings. The van der Waals surface area contributed by atoms with Gasteiger partial charge in [-0.3, -0.25) is 4.79 Å². The van der Waals surface area contributed by atoms with Crippen LogP contribution in [0.15, 0.2) is 11.4 Å². The van der Waals surface area contributed by atoms with Crippen LogP contribution in [0.4, 0.5) is 0 Å². The Kier molecular flexibility index (Phi) is 2.99. The van der Waals surface area contributed by atoms with Gasteiger partial charge in [0, 0.05) is 38.5 Å². The minimum absolute atomic E-state index is 0.0170. The van der Waals surface area contributed by atoms with Gasteiger partial charge in [-0.1, -0.05) is 0 Å². The first kappa shape index (κ1) is 9.41. The van der Waals surface area contributed by atoms with Crippen LogP contribution in [-0.4, -0.2) is 24.9 Å². The van der Waals surface area contributed by atoms with Gasteiger partial charge < -0.3 is 9.08 Å². The van der Waals surface area contributed by atoms with Gasteiger partial charge in [0.25, 0.3) is 5.91 Å². The lowest BCUT2D eigenvalue weighted by Crippen LogP contribution is -2.20. The highest BCUT2D eigenvalue weighted by Crippen LogP contribution is 2.22. The highest BCUT2D eigenvalue weighted by Gasteiger charge is 2.10. The molecule has 0 aliphatic rings. The van der Waals surface area contributed by atoms with Crippen molar-refractivity contribution in [2.45, 2.75) is 0 Å². The molecular formula is C7H9NO2S2. The maximum atomic E-state index is 11.3. The Labute approximate surface area is 80.6 Å². The summed E-state index contributed by atoms with van der Waals surface area (Å²) in [5.74, 6) is 0.588. The molecule has 1 heterocycles. The molecule has 0 fully saturated rings. The van der Waals surface area contributed by atoms with E-state index in [0.29, 0.717) is 10.6 Å². The Morgan fingerprint density at radius 2 is 2.33 bits per heavy atom. The van der Waals surface area contributed by atoms with Gasteiger partial charge in [0.1, 0.15) is 5.75 Å². The molecule has 0 aliphatic carbocycles. The van der Waals surface area contributed by atoms with Gasteiger partial charge in [-0.25, -0.2) is 0 Å². The van der Waals surface area contributed by atoms with Crippen LogP contribution in [-0.2, 0) is 0 Å². The summed E-state index contributed by atoms with van der Waals surface area (Å²) in [6.45, 7) is 0. The predicted octanol–water partition coefficient (Wildman–Crippen LogP) is 1.67. The molecule has 0 N–H and O–H groups in total. The molecule has 5 heteroatoms. The van der Waals surface area contributed by atoms with E-state index in [1.807, 2.05) is 0 Å². The topological polar surface area (TPSA) is 29.5 Å². The van der Waals surface area contributed by atoms with Crippen molar-refractivity contribution in [1.82, 2.24) is 4.90 Å².